The van der Waals surface area contributed by atoms with Gasteiger partial charge in [-0.3, -0.25) is 13.9 Å². The second-order valence-electron chi connectivity index (χ2n) is 9.44. The Morgan fingerprint density at radius 1 is 0.860 bits per heavy atom. The van der Waals surface area contributed by atoms with Gasteiger partial charge in [-0.2, -0.15) is 5.10 Å². The Morgan fingerprint density at radius 3 is 2.28 bits per heavy atom. The summed E-state index contributed by atoms with van der Waals surface area (Å²) >= 11 is 0. The molecule has 43 heavy (non-hydrogen) atoms. The highest BCUT2D eigenvalue weighted by Gasteiger charge is 2.28. The monoisotopic (exact) mass is 600 g/mol. The van der Waals surface area contributed by atoms with Gasteiger partial charge in [-0.05, 0) is 85.1 Å². The Kier molecular flexibility index (Phi) is 10.1. The Bertz CT molecular complexity index is 1710. The molecule has 0 atom stereocenters. The molecule has 0 unspecified atom stereocenters. The molecular formula is C32H32N4O6S. The standard InChI is InChI=1S/C32H32N4O6S/c1-23-10-9-14-29(24(23)2)36(43(39,40)27-11-5-4-6-12-27)21-31(37)35-33-20-25-16-18-26(19-17-25)42-22-32(38)34-28-13-7-8-15-30(28)41-3/h4-20H,21-22H2,1-3H3,(H,34,38)(H,35,37)/b33-20+. The number of aryl methyl sites for hydroxylation is 1. The van der Waals surface area contributed by atoms with Crippen LogP contribution < -0.4 is 24.5 Å². The SMILES string of the molecule is COc1ccccc1NC(=O)COc1ccc(/C=N/NC(=O)CN(c2cccc(C)c2C)S(=O)(=O)c2ccccc2)cc1. The molecule has 0 saturated carbocycles. The number of para-hydroxylation sites is 2. The predicted molar refractivity (Wildman–Crippen MR) is 166 cm³/mol. The number of amides is 2. The van der Waals surface area contributed by atoms with Crippen LogP contribution in [-0.2, 0) is 19.6 Å². The molecule has 0 spiro atoms. The molecule has 0 aliphatic carbocycles. The van der Waals surface area contributed by atoms with E-state index in [2.05, 4.69) is 15.8 Å². The van der Waals surface area contributed by atoms with Crippen molar-refractivity contribution in [3.63, 3.8) is 0 Å². The van der Waals surface area contributed by atoms with Crippen molar-refractivity contribution in [2.24, 2.45) is 5.10 Å². The minimum atomic E-state index is -4.03. The lowest BCUT2D eigenvalue weighted by molar-refractivity contribution is -0.119. The van der Waals surface area contributed by atoms with Crippen molar-refractivity contribution in [3.8, 4) is 11.5 Å². The molecule has 222 valence electrons. The number of ether oxygens (including phenoxy) is 2. The third-order valence-electron chi connectivity index (χ3n) is 6.50. The third kappa shape index (κ3) is 7.98. The highest BCUT2D eigenvalue weighted by molar-refractivity contribution is 7.92. The summed E-state index contributed by atoms with van der Waals surface area (Å²) in [5.74, 6) is 0.0498. The number of methoxy groups -OCH3 is 1. The van der Waals surface area contributed by atoms with E-state index in [1.165, 1.54) is 25.5 Å². The fourth-order valence-corrected chi connectivity index (χ4v) is 5.60. The number of rotatable bonds is 12. The zero-order chi connectivity index (χ0) is 30.8. The molecule has 4 aromatic rings. The van der Waals surface area contributed by atoms with Gasteiger partial charge in [0, 0.05) is 0 Å². The number of nitrogens with zero attached hydrogens (tertiary/aromatic N) is 2. The summed E-state index contributed by atoms with van der Waals surface area (Å²) in [5, 5.41) is 6.73. The fraction of sp³-hybridized carbons (Fsp3) is 0.156. The van der Waals surface area contributed by atoms with Crippen molar-refractivity contribution in [1.82, 2.24) is 5.43 Å². The highest BCUT2D eigenvalue weighted by Crippen LogP contribution is 2.28. The van der Waals surface area contributed by atoms with E-state index in [0.717, 1.165) is 15.4 Å². The summed E-state index contributed by atoms with van der Waals surface area (Å²) in [6, 6.07) is 27.1. The number of anilines is 2. The van der Waals surface area contributed by atoms with Crippen LogP contribution in [0.5, 0.6) is 11.5 Å². The van der Waals surface area contributed by atoms with E-state index in [-0.39, 0.29) is 17.4 Å². The zero-order valence-electron chi connectivity index (χ0n) is 24.0. The smallest absolute Gasteiger partial charge is 0.264 e. The number of benzene rings is 4. The first-order valence-corrected chi connectivity index (χ1v) is 14.7. The molecule has 11 heteroatoms. The lowest BCUT2D eigenvalue weighted by Gasteiger charge is -2.26. The second kappa shape index (κ2) is 14.1. The van der Waals surface area contributed by atoms with E-state index in [1.54, 1.807) is 78.9 Å². The van der Waals surface area contributed by atoms with Crippen LogP contribution in [0.1, 0.15) is 16.7 Å². The summed E-state index contributed by atoms with van der Waals surface area (Å²) < 4.78 is 38.9. The molecule has 10 nitrogen and oxygen atoms in total. The Hall–Kier alpha value is -5.16. The van der Waals surface area contributed by atoms with Gasteiger partial charge in [0.2, 0.25) is 0 Å². The van der Waals surface area contributed by atoms with Gasteiger partial charge >= 0.3 is 0 Å². The minimum Gasteiger partial charge on any atom is -0.495 e. The molecule has 0 aliphatic rings. The summed E-state index contributed by atoms with van der Waals surface area (Å²) in [7, 11) is -2.51. The van der Waals surface area contributed by atoms with Crippen molar-refractivity contribution in [1.29, 1.82) is 0 Å². The number of hydrogen-bond acceptors (Lipinski definition) is 7. The summed E-state index contributed by atoms with van der Waals surface area (Å²) in [4.78, 5) is 25.2. The summed E-state index contributed by atoms with van der Waals surface area (Å²) in [6.45, 7) is 3.02. The van der Waals surface area contributed by atoms with Gasteiger partial charge in [-0.15, -0.1) is 0 Å². The molecule has 0 saturated heterocycles. The molecule has 0 radical (unpaired) electrons. The molecule has 0 bridgehead atoms. The first kappa shape index (κ1) is 30.8. The number of sulfonamides is 1. The van der Waals surface area contributed by atoms with Crippen LogP contribution in [0.4, 0.5) is 11.4 Å². The van der Waals surface area contributed by atoms with Gasteiger partial charge in [0.15, 0.2) is 6.61 Å². The topological polar surface area (TPSA) is 126 Å². The normalized spacial score (nSPS) is 11.1. The molecule has 2 amide bonds. The van der Waals surface area contributed by atoms with E-state index in [0.29, 0.717) is 28.4 Å². The van der Waals surface area contributed by atoms with Crippen LogP contribution in [0.3, 0.4) is 0 Å². The summed E-state index contributed by atoms with van der Waals surface area (Å²) in [6.07, 6.45) is 1.42. The van der Waals surface area contributed by atoms with Gasteiger partial charge in [0.25, 0.3) is 21.8 Å². The Labute approximate surface area is 251 Å². The van der Waals surface area contributed by atoms with Crippen LogP contribution in [0.25, 0.3) is 0 Å². The van der Waals surface area contributed by atoms with Crippen LogP contribution in [0.2, 0.25) is 0 Å². The van der Waals surface area contributed by atoms with Gasteiger partial charge < -0.3 is 14.8 Å². The van der Waals surface area contributed by atoms with Gasteiger partial charge in [0.1, 0.15) is 18.0 Å². The predicted octanol–water partition coefficient (Wildman–Crippen LogP) is 4.68. The average molecular weight is 601 g/mol. The fourth-order valence-electron chi connectivity index (χ4n) is 4.10. The lowest BCUT2D eigenvalue weighted by Crippen LogP contribution is -2.40. The van der Waals surface area contributed by atoms with Crippen molar-refractivity contribution in [2.45, 2.75) is 18.7 Å². The zero-order valence-corrected chi connectivity index (χ0v) is 24.8. The summed E-state index contributed by atoms with van der Waals surface area (Å²) in [5.41, 5.74) is 5.65. The number of carbonyl (C=O) groups excluding carboxylic acids is 2. The van der Waals surface area contributed by atoms with E-state index in [4.69, 9.17) is 9.47 Å². The highest BCUT2D eigenvalue weighted by atomic mass is 32.2. The molecule has 4 aromatic carbocycles. The Balaban J connectivity index is 1.36. The van der Waals surface area contributed by atoms with Crippen molar-refractivity contribution in [3.05, 3.63) is 114 Å². The average Bonchev–Trinajstić information content (AvgIpc) is 3.01. The molecule has 0 heterocycles. The number of nitrogens with one attached hydrogen (secondary N) is 2. The van der Waals surface area contributed by atoms with Gasteiger partial charge in [-0.25, -0.2) is 13.8 Å². The van der Waals surface area contributed by atoms with Gasteiger partial charge in [0.05, 0.1) is 29.6 Å². The second-order valence-corrected chi connectivity index (χ2v) is 11.3. The first-order valence-electron chi connectivity index (χ1n) is 13.3. The van der Waals surface area contributed by atoms with E-state index < -0.39 is 22.5 Å². The van der Waals surface area contributed by atoms with E-state index >= 15 is 0 Å². The maximum absolute atomic E-state index is 13.5. The molecule has 2 N–H and O–H groups in total. The molecular weight excluding hydrogens is 568 g/mol. The quantitative estimate of drug-likeness (QED) is 0.180. The number of hydrogen-bond donors (Lipinski definition) is 2. The number of carbonyl (C=O) groups is 2. The van der Waals surface area contributed by atoms with Crippen LogP contribution in [0.15, 0.2) is 107 Å². The van der Waals surface area contributed by atoms with E-state index in [1.807, 2.05) is 19.9 Å². The van der Waals surface area contributed by atoms with Crippen molar-refractivity contribution in [2.75, 3.05) is 29.9 Å². The maximum Gasteiger partial charge on any atom is 0.264 e. The van der Waals surface area contributed by atoms with Crippen LogP contribution in [0, 0.1) is 13.8 Å². The lowest BCUT2D eigenvalue weighted by atomic mass is 10.1. The minimum absolute atomic E-state index is 0.0757. The third-order valence-corrected chi connectivity index (χ3v) is 8.27. The van der Waals surface area contributed by atoms with Gasteiger partial charge in [-0.1, -0.05) is 42.5 Å². The Morgan fingerprint density at radius 2 is 1.56 bits per heavy atom. The molecule has 4 rings (SSSR count). The number of hydrazone groups is 1. The van der Waals surface area contributed by atoms with Crippen LogP contribution >= 0.6 is 0 Å². The van der Waals surface area contributed by atoms with Crippen molar-refractivity contribution < 1.29 is 27.5 Å². The first-order chi connectivity index (χ1) is 20.7. The van der Waals surface area contributed by atoms with Crippen molar-refractivity contribution >= 4 is 39.4 Å². The molecule has 0 aliphatic heterocycles. The van der Waals surface area contributed by atoms with Crippen LogP contribution in [-0.4, -0.2) is 46.7 Å². The molecule has 0 fully saturated rings. The largest absolute Gasteiger partial charge is 0.495 e. The maximum atomic E-state index is 13.5. The van der Waals surface area contributed by atoms with E-state index in [9.17, 15) is 18.0 Å². The molecule has 0 aromatic heterocycles.